The third-order valence-corrected chi connectivity index (χ3v) is 4.91. The summed E-state index contributed by atoms with van der Waals surface area (Å²) in [5.74, 6) is -0.397. The van der Waals surface area contributed by atoms with Gasteiger partial charge in [0.05, 0.1) is 24.2 Å². The minimum atomic E-state index is -0.721. The molecule has 0 bridgehead atoms. The zero-order chi connectivity index (χ0) is 20.9. The molecule has 0 spiro atoms. The summed E-state index contributed by atoms with van der Waals surface area (Å²) in [7, 11) is 0. The third-order valence-electron chi connectivity index (χ3n) is 4.91. The predicted molar refractivity (Wildman–Crippen MR) is 109 cm³/mol. The standard InChI is InChI=1S/C10H18N2O2.C9H17N3O2/c1-8(10(13)14)4-2-6-12-7-3-5-9(12)11;1-7(8(13)14)3-2-4-10-9-11-5-6-12-9/h8,11H,2-7H2,1H3,(H,13,14);7H,2-6H2,1H3,(H,13,14)(H2,10,11,12)/t8-;7-/m00/s1. The van der Waals surface area contributed by atoms with Gasteiger partial charge in [-0.25, -0.2) is 0 Å². The van der Waals surface area contributed by atoms with Crippen molar-refractivity contribution >= 4 is 23.7 Å². The van der Waals surface area contributed by atoms with E-state index in [1.807, 2.05) is 0 Å². The molecule has 0 aromatic heterocycles. The van der Waals surface area contributed by atoms with Crippen LogP contribution in [0.4, 0.5) is 0 Å². The van der Waals surface area contributed by atoms with Gasteiger partial charge >= 0.3 is 11.9 Å². The van der Waals surface area contributed by atoms with Crippen molar-refractivity contribution in [2.24, 2.45) is 16.8 Å². The number of nitrogens with one attached hydrogen (secondary N) is 3. The number of nitrogens with zero attached hydrogens (tertiary/aromatic N) is 2. The first-order valence-corrected chi connectivity index (χ1v) is 10.1. The number of carboxylic acid groups (broad SMARTS) is 2. The largest absolute Gasteiger partial charge is 0.481 e. The maximum absolute atomic E-state index is 10.5. The number of aliphatic imine (C=N–C) groups is 1. The van der Waals surface area contributed by atoms with Gasteiger partial charge in [0.25, 0.3) is 0 Å². The number of hydrogen-bond acceptors (Lipinski definition) is 6. The summed E-state index contributed by atoms with van der Waals surface area (Å²) in [5, 5.41) is 31.1. The zero-order valence-electron chi connectivity index (χ0n) is 17.0. The summed E-state index contributed by atoms with van der Waals surface area (Å²) in [4.78, 5) is 27.2. The second-order valence-corrected chi connectivity index (χ2v) is 7.38. The Balaban J connectivity index is 0.000000280. The summed E-state index contributed by atoms with van der Waals surface area (Å²) in [6, 6.07) is 0. The Morgan fingerprint density at radius 1 is 1.21 bits per heavy atom. The summed E-state index contributed by atoms with van der Waals surface area (Å²) in [5.41, 5.74) is 0. The van der Waals surface area contributed by atoms with Gasteiger partial charge in [-0.05, 0) is 32.1 Å². The van der Waals surface area contributed by atoms with Crippen molar-refractivity contribution in [3.05, 3.63) is 0 Å². The molecule has 2 rings (SSSR count). The molecule has 0 aromatic rings. The molecule has 2 atom stereocenters. The van der Waals surface area contributed by atoms with Crippen LogP contribution in [0, 0.1) is 17.2 Å². The molecule has 0 aliphatic carbocycles. The number of guanidine groups is 1. The molecule has 2 aliphatic heterocycles. The van der Waals surface area contributed by atoms with E-state index < -0.39 is 11.9 Å². The Morgan fingerprint density at radius 2 is 1.86 bits per heavy atom. The predicted octanol–water partition coefficient (Wildman–Crippen LogP) is 1.60. The van der Waals surface area contributed by atoms with E-state index in [2.05, 4.69) is 20.5 Å². The average Bonchev–Trinajstić information content (AvgIpc) is 3.31. The maximum atomic E-state index is 10.5. The van der Waals surface area contributed by atoms with Crippen molar-refractivity contribution in [1.82, 2.24) is 15.5 Å². The van der Waals surface area contributed by atoms with Crippen LogP contribution in [0.15, 0.2) is 4.99 Å². The monoisotopic (exact) mass is 397 g/mol. The molecule has 0 aromatic carbocycles. The minimum Gasteiger partial charge on any atom is -0.481 e. The van der Waals surface area contributed by atoms with E-state index in [4.69, 9.17) is 15.6 Å². The van der Waals surface area contributed by atoms with Crippen molar-refractivity contribution in [3.8, 4) is 0 Å². The summed E-state index contributed by atoms with van der Waals surface area (Å²) >= 11 is 0. The smallest absolute Gasteiger partial charge is 0.306 e. The van der Waals surface area contributed by atoms with Gasteiger partial charge in [0.2, 0.25) is 0 Å². The number of carbonyl (C=O) groups is 2. The van der Waals surface area contributed by atoms with E-state index >= 15 is 0 Å². The molecule has 9 nitrogen and oxygen atoms in total. The molecule has 0 radical (unpaired) electrons. The highest BCUT2D eigenvalue weighted by Crippen LogP contribution is 2.13. The van der Waals surface area contributed by atoms with Crippen LogP contribution < -0.4 is 10.6 Å². The highest BCUT2D eigenvalue weighted by atomic mass is 16.4. The Labute approximate surface area is 167 Å². The first kappa shape index (κ1) is 23.7. The lowest BCUT2D eigenvalue weighted by atomic mass is 10.1. The van der Waals surface area contributed by atoms with Crippen LogP contribution in [-0.4, -0.2) is 71.6 Å². The Hall–Kier alpha value is -2.32. The number of hydrogen-bond donors (Lipinski definition) is 5. The molecule has 5 N–H and O–H groups in total. The molecule has 2 heterocycles. The second kappa shape index (κ2) is 13.0. The van der Waals surface area contributed by atoms with E-state index in [1.165, 1.54) is 0 Å². The van der Waals surface area contributed by atoms with Crippen molar-refractivity contribution in [2.75, 3.05) is 32.7 Å². The van der Waals surface area contributed by atoms with Gasteiger partial charge in [0.1, 0.15) is 0 Å². The Kier molecular flexibility index (Phi) is 11.0. The molecular formula is C19H35N5O4. The fraction of sp³-hybridized carbons (Fsp3) is 0.789. The number of rotatable bonds is 10. The second-order valence-electron chi connectivity index (χ2n) is 7.38. The molecule has 28 heavy (non-hydrogen) atoms. The van der Waals surface area contributed by atoms with Crippen LogP contribution in [0.5, 0.6) is 0 Å². The van der Waals surface area contributed by atoms with E-state index in [0.717, 1.165) is 64.4 Å². The molecular weight excluding hydrogens is 362 g/mol. The summed E-state index contributed by atoms with van der Waals surface area (Å²) < 4.78 is 0. The Morgan fingerprint density at radius 3 is 2.36 bits per heavy atom. The molecule has 0 saturated carbocycles. The van der Waals surface area contributed by atoms with Crippen molar-refractivity contribution in [3.63, 3.8) is 0 Å². The minimum absolute atomic E-state index is 0.254. The van der Waals surface area contributed by atoms with Crippen LogP contribution in [0.2, 0.25) is 0 Å². The zero-order valence-corrected chi connectivity index (χ0v) is 17.0. The fourth-order valence-electron chi connectivity index (χ4n) is 2.94. The third kappa shape index (κ3) is 9.57. The molecule has 1 fully saturated rings. The fourth-order valence-corrected chi connectivity index (χ4v) is 2.94. The SMILES string of the molecule is C[C@@H](CCCN1CCCC1=N)C(=O)O.C[C@@H](CCCNC1=NCCN1)C(=O)O. The lowest BCUT2D eigenvalue weighted by Crippen LogP contribution is -2.34. The van der Waals surface area contributed by atoms with Gasteiger partial charge < -0.3 is 25.7 Å². The van der Waals surface area contributed by atoms with Gasteiger partial charge in [0.15, 0.2) is 5.96 Å². The summed E-state index contributed by atoms with van der Waals surface area (Å²) in [6.45, 7) is 7.78. The van der Waals surface area contributed by atoms with Crippen molar-refractivity contribution in [2.45, 2.75) is 52.4 Å². The number of aliphatic carboxylic acids is 2. The van der Waals surface area contributed by atoms with Crippen LogP contribution in [0.1, 0.15) is 52.4 Å². The van der Waals surface area contributed by atoms with Crippen LogP contribution in [0.25, 0.3) is 0 Å². The van der Waals surface area contributed by atoms with Crippen LogP contribution >= 0.6 is 0 Å². The lowest BCUT2D eigenvalue weighted by molar-refractivity contribution is -0.142. The van der Waals surface area contributed by atoms with E-state index in [0.29, 0.717) is 18.7 Å². The molecule has 9 heteroatoms. The van der Waals surface area contributed by atoms with Gasteiger partial charge in [-0.15, -0.1) is 0 Å². The average molecular weight is 398 g/mol. The Bertz CT molecular complexity index is 552. The molecule has 0 unspecified atom stereocenters. The quantitative estimate of drug-likeness (QED) is 0.353. The normalized spacial score (nSPS) is 17.9. The highest BCUT2D eigenvalue weighted by Gasteiger charge is 2.17. The lowest BCUT2D eigenvalue weighted by Gasteiger charge is -2.17. The van der Waals surface area contributed by atoms with Crippen molar-refractivity contribution < 1.29 is 19.8 Å². The maximum Gasteiger partial charge on any atom is 0.306 e. The van der Waals surface area contributed by atoms with Crippen molar-refractivity contribution in [1.29, 1.82) is 5.41 Å². The summed E-state index contributed by atoms with van der Waals surface area (Å²) in [6.07, 6.45) is 5.10. The first-order valence-electron chi connectivity index (χ1n) is 10.1. The topological polar surface area (TPSA) is 138 Å². The van der Waals surface area contributed by atoms with E-state index in [-0.39, 0.29) is 11.8 Å². The van der Waals surface area contributed by atoms with Gasteiger partial charge in [-0.3, -0.25) is 20.0 Å². The van der Waals surface area contributed by atoms with Crippen LogP contribution in [-0.2, 0) is 9.59 Å². The number of likely N-dealkylation sites (tertiary alicyclic amines) is 1. The molecule has 2 aliphatic rings. The van der Waals surface area contributed by atoms with E-state index in [1.54, 1.807) is 13.8 Å². The van der Waals surface area contributed by atoms with Gasteiger partial charge in [-0.2, -0.15) is 0 Å². The molecule has 0 amide bonds. The van der Waals surface area contributed by atoms with Gasteiger partial charge in [-0.1, -0.05) is 13.8 Å². The molecule has 160 valence electrons. The first-order chi connectivity index (χ1) is 13.3. The molecule has 1 saturated heterocycles. The van der Waals surface area contributed by atoms with E-state index in [9.17, 15) is 9.59 Å². The number of amidine groups is 1. The highest BCUT2D eigenvalue weighted by molar-refractivity contribution is 5.81. The van der Waals surface area contributed by atoms with Crippen LogP contribution in [0.3, 0.4) is 0 Å². The van der Waals surface area contributed by atoms with Gasteiger partial charge in [0, 0.05) is 32.6 Å². The number of carboxylic acids is 2.